The van der Waals surface area contributed by atoms with Gasteiger partial charge in [-0.1, -0.05) is 6.92 Å². The Balaban J connectivity index is 4.16. The first-order chi connectivity index (χ1) is 7.40. The predicted molar refractivity (Wildman–Crippen MR) is 61.8 cm³/mol. The number of rotatable bonds is 6. The van der Waals surface area contributed by atoms with Crippen molar-refractivity contribution in [2.24, 2.45) is 0 Å². The normalized spacial score (nSPS) is 13.9. The molecule has 0 saturated heterocycles. The van der Waals surface area contributed by atoms with Crippen LogP contribution < -0.4 is 5.32 Å². The first kappa shape index (κ1) is 14.9. The fraction of sp³-hybridized carbons (Fsp3) is 0.778. The number of carboxylic acid groups (broad SMARTS) is 1. The Bertz CT molecular complexity index is 283. The molecule has 0 aliphatic heterocycles. The number of carboxylic acids is 1. The van der Waals surface area contributed by atoms with Gasteiger partial charge in [0, 0.05) is 36.4 Å². The van der Waals surface area contributed by atoms with Crippen LogP contribution in [0.25, 0.3) is 0 Å². The summed E-state index contributed by atoms with van der Waals surface area (Å²) in [5.41, 5.74) is 0. The maximum atomic E-state index is 11.5. The Labute approximate surface area is 97.5 Å². The Hall–Kier alpha value is -1.11. The van der Waals surface area contributed by atoms with E-state index in [2.05, 4.69) is 5.32 Å². The molecule has 6 nitrogen and oxygen atoms in total. The summed E-state index contributed by atoms with van der Waals surface area (Å²) in [4.78, 5) is 23.4. The number of hydrogen-bond acceptors (Lipinski definition) is 3. The number of amides is 2. The molecule has 2 unspecified atom stereocenters. The van der Waals surface area contributed by atoms with Crippen LogP contribution in [0.2, 0.25) is 0 Å². The van der Waals surface area contributed by atoms with E-state index in [1.165, 1.54) is 7.05 Å². The van der Waals surface area contributed by atoms with Gasteiger partial charge in [-0.3, -0.25) is 4.21 Å². The van der Waals surface area contributed by atoms with E-state index in [1.54, 1.807) is 13.2 Å². The quantitative estimate of drug-likeness (QED) is 0.687. The van der Waals surface area contributed by atoms with Crippen molar-refractivity contribution in [1.29, 1.82) is 0 Å². The lowest BCUT2D eigenvalue weighted by atomic mass is 10.2. The number of carbonyl (C=O) groups is 2. The van der Waals surface area contributed by atoms with Gasteiger partial charge in [0.1, 0.15) is 6.04 Å². The van der Waals surface area contributed by atoms with Crippen molar-refractivity contribution < 1.29 is 18.9 Å². The Morgan fingerprint density at radius 1 is 1.50 bits per heavy atom. The molecule has 0 saturated carbocycles. The zero-order chi connectivity index (χ0) is 12.7. The molecule has 0 aromatic rings. The van der Waals surface area contributed by atoms with Crippen molar-refractivity contribution in [1.82, 2.24) is 10.2 Å². The summed E-state index contributed by atoms with van der Waals surface area (Å²) in [5, 5.41) is 11.3. The molecule has 0 radical (unpaired) electrons. The van der Waals surface area contributed by atoms with Crippen molar-refractivity contribution in [3.05, 3.63) is 0 Å². The lowest BCUT2D eigenvalue weighted by Crippen LogP contribution is -2.47. The molecule has 0 aromatic carbocycles. The van der Waals surface area contributed by atoms with Crippen molar-refractivity contribution in [2.75, 3.05) is 25.6 Å². The first-order valence-corrected chi connectivity index (χ1v) is 6.66. The predicted octanol–water partition coefficient (Wildman–Crippen LogP) is -0.130. The highest BCUT2D eigenvalue weighted by Crippen LogP contribution is 2.01. The van der Waals surface area contributed by atoms with E-state index in [1.807, 2.05) is 0 Å². The van der Waals surface area contributed by atoms with Gasteiger partial charge < -0.3 is 15.3 Å². The lowest BCUT2D eigenvalue weighted by molar-refractivity contribution is -0.141. The summed E-state index contributed by atoms with van der Waals surface area (Å²) in [7, 11) is 0.465. The average Bonchev–Trinajstić information content (AvgIpc) is 2.17. The van der Waals surface area contributed by atoms with Crippen molar-refractivity contribution in [2.45, 2.75) is 19.4 Å². The first-order valence-electron chi connectivity index (χ1n) is 4.93. The minimum absolute atomic E-state index is 0.280. The molecule has 2 atom stereocenters. The highest BCUT2D eigenvalue weighted by molar-refractivity contribution is 7.84. The highest BCUT2D eigenvalue weighted by Gasteiger charge is 2.24. The second kappa shape index (κ2) is 7.21. The largest absolute Gasteiger partial charge is 0.480 e. The van der Waals surface area contributed by atoms with Gasteiger partial charge in [0.2, 0.25) is 0 Å². The lowest BCUT2D eigenvalue weighted by Gasteiger charge is -2.23. The SMILES string of the molecule is CCC(C(=O)O)N(C)C(=O)NCCS(C)=O. The third-order valence-corrected chi connectivity index (χ3v) is 2.90. The fourth-order valence-electron chi connectivity index (χ4n) is 1.18. The van der Waals surface area contributed by atoms with Crippen molar-refractivity contribution in [3.8, 4) is 0 Å². The van der Waals surface area contributed by atoms with Crippen molar-refractivity contribution in [3.63, 3.8) is 0 Å². The van der Waals surface area contributed by atoms with Crippen LogP contribution in [0.1, 0.15) is 13.3 Å². The third-order valence-electron chi connectivity index (χ3n) is 2.13. The van der Waals surface area contributed by atoms with Gasteiger partial charge in [-0.05, 0) is 6.42 Å². The molecule has 0 aliphatic rings. The Kier molecular flexibility index (Phi) is 6.71. The zero-order valence-electron chi connectivity index (χ0n) is 9.73. The van der Waals surface area contributed by atoms with Crippen LogP contribution in [0.5, 0.6) is 0 Å². The maximum absolute atomic E-state index is 11.5. The second-order valence-corrected chi connectivity index (χ2v) is 4.94. The molecule has 0 bridgehead atoms. The summed E-state index contributed by atoms with van der Waals surface area (Å²) < 4.78 is 10.7. The smallest absolute Gasteiger partial charge is 0.326 e. The molecule has 0 aromatic heterocycles. The van der Waals surface area contributed by atoms with Crippen LogP contribution in [-0.2, 0) is 15.6 Å². The average molecular weight is 250 g/mol. The summed E-state index contributed by atoms with van der Waals surface area (Å²) in [6, 6.07) is -1.29. The molecular weight excluding hydrogens is 232 g/mol. The van der Waals surface area contributed by atoms with E-state index < -0.39 is 28.8 Å². The Morgan fingerprint density at radius 3 is 2.44 bits per heavy atom. The molecule has 0 aliphatic carbocycles. The minimum atomic E-state index is -1.03. The summed E-state index contributed by atoms with van der Waals surface area (Å²) in [6.07, 6.45) is 1.89. The van der Waals surface area contributed by atoms with E-state index >= 15 is 0 Å². The number of carbonyl (C=O) groups excluding carboxylic acids is 1. The fourth-order valence-corrected chi connectivity index (χ4v) is 1.57. The number of likely N-dealkylation sites (N-methyl/N-ethyl adjacent to an activating group) is 1. The van der Waals surface area contributed by atoms with E-state index in [-0.39, 0.29) is 6.54 Å². The summed E-state index contributed by atoms with van der Waals surface area (Å²) in [6.45, 7) is 1.98. The molecular formula is C9H18N2O4S. The molecule has 7 heteroatoms. The zero-order valence-corrected chi connectivity index (χ0v) is 10.5. The van der Waals surface area contributed by atoms with E-state index in [9.17, 15) is 13.8 Å². The molecule has 16 heavy (non-hydrogen) atoms. The minimum Gasteiger partial charge on any atom is -0.480 e. The van der Waals surface area contributed by atoms with Gasteiger partial charge in [0.05, 0.1) is 0 Å². The van der Waals surface area contributed by atoms with E-state index in [0.29, 0.717) is 12.2 Å². The number of hydrogen-bond donors (Lipinski definition) is 2. The number of aliphatic carboxylic acids is 1. The summed E-state index contributed by atoms with van der Waals surface area (Å²) in [5.74, 6) is -0.664. The van der Waals surface area contributed by atoms with Crippen LogP contribution >= 0.6 is 0 Å². The van der Waals surface area contributed by atoms with Gasteiger partial charge in [0.15, 0.2) is 0 Å². The topological polar surface area (TPSA) is 86.7 Å². The van der Waals surface area contributed by atoms with E-state index in [0.717, 1.165) is 4.90 Å². The molecule has 0 heterocycles. The van der Waals surface area contributed by atoms with Crippen LogP contribution in [0.3, 0.4) is 0 Å². The van der Waals surface area contributed by atoms with Crippen LogP contribution in [0, 0.1) is 0 Å². The second-order valence-electron chi connectivity index (χ2n) is 3.38. The highest BCUT2D eigenvalue weighted by atomic mass is 32.2. The van der Waals surface area contributed by atoms with Gasteiger partial charge in [-0.2, -0.15) is 0 Å². The Morgan fingerprint density at radius 2 is 2.06 bits per heavy atom. The van der Waals surface area contributed by atoms with Gasteiger partial charge in [-0.15, -0.1) is 0 Å². The standard InChI is InChI=1S/C9H18N2O4S/c1-4-7(8(12)13)11(2)9(14)10-5-6-16(3)15/h7H,4-6H2,1-3H3,(H,10,14)(H,12,13). The number of nitrogens with one attached hydrogen (secondary N) is 1. The van der Waals surface area contributed by atoms with Crippen LogP contribution in [0.4, 0.5) is 4.79 Å². The molecule has 2 amide bonds. The number of nitrogens with zero attached hydrogens (tertiary/aromatic N) is 1. The van der Waals surface area contributed by atoms with Crippen molar-refractivity contribution >= 4 is 22.8 Å². The third kappa shape index (κ3) is 5.11. The van der Waals surface area contributed by atoms with Gasteiger partial charge in [-0.25, -0.2) is 9.59 Å². The van der Waals surface area contributed by atoms with Crippen LogP contribution in [-0.4, -0.2) is 57.9 Å². The van der Waals surface area contributed by atoms with Gasteiger partial charge >= 0.3 is 12.0 Å². The molecule has 94 valence electrons. The van der Waals surface area contributed by atoms with Gasteiger partial charge in [0.25, 0.3) is 0 Å². The monoisotopic (exact) mass is 250 g/mol. The van der Waals surface area contributed by atoms with E-state index in [4.69, 9.17) is 5.11 Å². The molecule has 0 spiro atoms. The summed E-state index contributed by atoms with van der Waals surface area (Å²) >= 11 is 0. The maximum Gasteiger partial charge on any atom is 0.326 e. The molecule has 2 N–H and O–H groups in total. The number of urea groups is 1. The molecule has 0 fully saturated rings. The van der Waals surface area contributed by atoms with Crippen LogP contribution in [0.15, 0.2) is 0 Å². The molecule has 0 rings (SSSR count).